The molecule has 3 nitrogen and oxygen atoms in total. The third kappa shape index (κ3) is 2.87. The molecule has 1 aliphatic carbocycles. The van der Waals surface area contributed by atoms with Crippen molar-refractivity contribution in [2.45, 2.75) is 44.4 Å². The van der Waals surface area contributed by atoms with E-state index in [1.54, 1.807) is 0 Å². The second-order valence-electron chi connectivity index (χ2n) is 8.06. The molecular formula is C23H23Cl2NO2. The molecule has 2 aromatic rings. The average molecular weight is 416 g/mol. The molecule has 1 amide bonds. The number of carbonyl (C=O) groups excluding carboxylic acids is 2. The number of Topliss-reactive ketones (excluding diaryl/α,β-unsaturated/α-hetero) is 1. The van der Waals surface area contributed by atoms with Crippen molar-refractivity contribution >= 4 is 40.6 Å². The molecule has 4 rings (SSSR count). The molecule has 2 aliphatic rings. The van der Waals surface area contributed by atoms with Gasteiger partial charge in [0.2, 0.25) is 5.91 Å². The standard InChI is InChI=1S/C23H23Cl2NO2/c1-3-13(2)19-11-17(27)12-20(14-5-4-6-15(24)9-14)23(19)18-8-7-16(25)10-21(18)26-22(23)28/h4-10,13,19-20H,3,11-12H2,1-2H3,(H,26,28)/t13?,19-,20-,23+/m0/s1. The topological polar surface area (TPSA) is 46.2 Å². The van der Waals surface area contributed by atoms with E-state index in [0.717, 1.165) is 23.2 Å². The van der Waals surface area contributed by atoms with E-state index in [9.17, 15) is 9.59 Å². The molecule has 1 aliphatic heterocycles. The van der Waals surface area contributed by atoms with Crippen LogP contribution in [0.15, 0.2) is 42.5 Å². The molecule has 146 valence electrons. The van der Waals surface area contributed by atoms with Crippen LogP contribution in [0.3, 0.4) is 0 Å². The summed E-state index contributed by atoms with van der Waals surface area (Å²) < 4.78 is 0. The Balaban J connectivity index is 1.99. The third-order valence-corrected chi connectivity index (χ3v) is 7.12. The van der Waals surface area contributed by atoms with Gasteiger partial charge in [-0.3, -0.25) is 9.59 Å². The molecule has 1 heterocycles. The minimum absolute atomic E-state index is 0.0347. The Kier molecular flexibility index (Phi) is 5.01. The van der Waals surface area contributed by atoms with Crippen LogP contribution in [0.2, 0.25) is 10.0 Å². The number of amides is 1. The van der Waals surface area contributed by atoms with Crippen molar-refractivity contribution in [2.24, 2.45) is 11.8 Å². The molecule has 0 aromatic heterocycles. The monoisotopic (exact) mass is 415 g/mol. The Labute approximate surface area is 175 Å². The van der Waals surface area contributed by atoms with Crippen LogP contribution >= 0.6 is 23.2 Å². The molecule has 0 bridgehead atoms. The number of fused-ring (bicyclic) bond motifs is 2. The van der Waals surface area contributed by atoms with Crippen LogP contribution in [0.25, 0.3) is 0 Å². The summed E-state index contributed by atoms with van der Waals surface area (Å²) in [5.41, 5.74) is 1.84. The van der Waals surface area contributed by atoms with Crippen molar-refractivity contribution in [2.75, 3.05) is 5.32 Å². The number of hydrogen-bond acceptors (Lipinski definition) is 2. The quantitative estimate of drug-likeness (QED) is 0.668. The molecule has 2 aromatic carbocycles. The van der Waals surface area contributed by atoms with E-state index in [-0.39, 0.29) is 29.4 Å². The van der Waals surface area contributed by atoms with Crippen LogP contribution in [0, 0.1) is 11.8 Å². The first kappa shape index (κ1) is 19.5. The van der Waals surface area contributed by atoms with Crippen molar-refractivity contribution < 1.29 is 9.59 Å². The van der Waals surface area contributed by atoms with Gasteiger partial charge < -0.3 is 5.32 Å². The Morgan fingerprint density at radius 1 is 1.11 bits per heavy atom. The fraction of sp³-hybridized carbons (Fsp3) is 0.391. The van der Waals surface area contributed by atoms with Gasteiger partial charge >= 0.3 is 0 Å². The average Bonchev–Trinajstić information content (AvgIpc) is 2.94. The van der Waals surface area contributed by atoms with Crippen molar-refractivity contribution in [1.29, 1.82) is 0 Å². The van der Waals surface area contributed by atoms with E-state index in [1.807, 2.05) is 42.5 Å². The van der Waals surface area contributed by atoms with Crippen molar-refractivity contribution in [3.05, 3.63) is 63.6 Å². The van der Waals surface area contributed by atoms with Gasteiger partial charge in [-0.05, 0) is 47.2 Å². The lowest BCUT2D eigenvalue weighted by atomic mass is 9.52. The van der Waals surface area contributed by atoms with Gasteiger partial charge in [-0.25, -0.2) is 0 Å². The zero-order valence-corrected chi connectivity index (χ0v) is 17.5. The fourth-order valence-electron chi connectivity index (χ4n) is 5.22. The number of halogens is 2. The maximum absolute atomic E-state index is 13.6. The first-order chi connectivity index (χ1) is 13.4. The van der Waals surface area contributed by atoms with Gasteiger partial charge in [-0.15, -0.1) is 0 Å². The molecule has 5 heteroatoms. The molecule has 0 radical (unpaired) electrons. The first-order valence-electron chi connectivity index (χ1n) is 9.76. The molecule has 4 atom stereocenters. The Morgan fingerprint density at radius 3 is 2.57 bits per heavy atom. The Hall–Kier alpha value is -1.84. The zero-order valence-electron chi connectivity index (χ0n) is 16.0. The van der Waals surface area contributed by atoms with Gasteiger partial charge in [0.15, 0.2) is 0 Å². The maximum Gasteiger partial charge on any atom is 0.236 e. The van der Waals surface area contributed by atoms with Gasteiger partial charge in [-0.1, -0.05) is 61.7 Å². The smallest absolute Gasteiger partial charge is 0.236 e. The van der Waals surface area contributed by atoms with Gasteiger partial charge in [0.25, 0.3) is 0 Å². The summed E-state index contributed by atoms with van der Waals surface area (Å²) >= 11 is 12.5. The fourth-order valence-corrected chi connectivity index (χ4v) is 5.59. The van der Waals surface area contributed by atoms with Crippen molar-refractivity contribution in [3.8, 4) is 0 Å². The number of benzene rings is 2. The van der Waals surface area contributed by atoms with Crippen LogP contribution in [0.4, 0.5) is 5.69 Å². The van der Waals surface area contributed by atoms with Crippen LogP contribution < -0.4 is 5.32 Å². The summed E-state index contributed by atoms with van der Waals surface area (Å²) in [5, 5.41) is 4.27. The molecule has 1 unspecified atom stereocenters. The maximum atomic E-state index is 13.6. The lowest BCUT2D eigenvalue weighted by molar-refractivity contribution is -0.132. The highest BCUT2D eigenvalue weighted by atomic mass is 35.5. The minimum Gasteiger partial charge on any atom is -0.325 e. The number of anilines is 1. The molecular weight excluding hydrogens is 393 g/mol. The van der Waals surface area contributed by atoms with Crippen molar-refractivity contribution in [3.63, 3.8) is 0 Å². The second-order valence-corrected chi connectivity index (χ2v) is 8.93. The predicted molar refractivity (Wildman–Crippen MR) is 113 cm³/mol. The molecule has 1 spiro atoms. The largest absolute Gasteiger partial charge is 0.325 e. The van der Waals surface area contributed by atoms with E-state index >= 15 is 0 Å². The van der Waals surface area contributed by atoms with Gasteiger partial charge in [-0.2, -0.15) is 0 Å². The number of ketones is 1. The van der Waals surface area contributed by atoms with Crippen LogP contribution in [0.1, 0.15) is 50.2 Å². The molecule has 28 heavy (non-hydrogen) atoms. The third-order valence-electron chi connectivity index (χ3n) is 6.65. The number of rotatable bonds is 3. The molecule has 1 N–H and O–H groups in total. The summed E-state index contributed by atoms with van der Waals surface area (Å²) in [5.74, 6) is 0.0565. The lowest BCUT2D eigenvalue weighted by Crippen LogP contribution is -2.53. The summed E-state index contributed by atoms with van der Waals surface area (Å²) in [7, 11) is 0. The predicted octanol–water partition coefficient (Wildman–Crippen LogP) is 5.99. The zero-order chi connectivity index (χ0) is 20.1. The van der Waals surface area contributed by atoms with E-state index in [2.05, 4.69) is 19.2 Å². The normalized spacial score (nSPS) is 27.6. The Morgan fingerprint density at radius 2 is 1.86 bits per heavy atom. The number of nitrogens with one attached hydrogen (secondary N) is 1. The highest BCUT2D eigenvalue weighted by Crippen LogP contribution is 2.59. The summed E-state index contributed by atoms with van der Waals surface area (Å²) in [6.45, 7) is 4.25. The minimum atomic E-state index is -0.798. The first-order valence-corrected chi connectivity index (χ1v) is 10.5. The van der Waals surface area contributed by atoms with E-state index < -0.39 is 5.41 Å². The molecule has 1 fully saturated rings. The summed E-state index contributed by atoms with van der Waals surface area (Å²) in [4.78, 5) is 26.4. The molecule has 1 saturated carbocycles. The second kappa shape index (κ2) is 7.20. The van der Waals surface area contributed by atoms with Crippen molar-refractivity contribution in [1.82, 2.24) is 0 Å². The SMILES string of the molecule is CCC(C)[C@@H]1CC(=O)C[C@@H](c2cccc(Cl)c2)[C@]12C(=O)Nc1cc(Cl)ccc12. The van der Waals surface area contributed by atoms with E-state index in [0.29, 0.717) is 22.9 Å². The Bertz CT molecular complexity index is 957. The van der Waals surface area contributed by atoms with Gasteiger partial charge in [0, 0.05) is 34.5 Å². The highest BCUT2D eigenvalue weighted by molar-refractivity contribution is 6.31. The lowest BCUT2D eigenvalue weighted by Gasteiger charge is -2.48. The number of carbonyl (C=O) groups is 2. The van der Waals surface area contributed by atoms with Gasteiger partial charge in [0.05, 0.1) is 5.41 Å². The number of hydrogen-bond donors (Lipinski definition) is 1. The summed E-state index contributed by atoms with van der Waals surface area (Å²) in [6, 6.07) is 13.2. The van der Waals surface area contributed by atoms with Crippen LogP contribution in [0.5, 0.6) is 0 Å². The van der Waals surface area contributed by atoms with E-state index in [1.165, 1.54) is 0 Å². The van der Waals surface area contributed by atoms with Gasteiger partial charge in [0.1, 0.15) is 5.78 Å². The summed E-state index contributed by atoms with van der Waals surface area (Å²) in [6.07, 6.45) is 1.66. The van der Waals surface area contributed by atoms with Crippen LogP contribution in [-0.4, -0.2) is 11.7 Å². The molecule has 0 saturated heterocycles. The van der Waals surface area contributed by atoms with E-state index in [4.69, 9.17) is 23.2 Å². The highest BCUT2D eigenvalue weighted by Gasteiger charge is 2.61. The van der Waals surface area contributed by atoms with Crippen LogP contribution in [-0.2, 0) is 15.0 Å².